The van der Waals surface area contributed by atoms with Crippen molar-refractivity contribution >= 4 is 44.5 Å². The number of aromatic nitrogens is 2. The van der Waals surface area contributed by atoms with Gasteiger partial charge in [-0.25, -0.2) is 4.79 Å². The van der Waals surface area contributed by atoms with Gasteiger partial charge in [-0.2, -0.15) is 4.98 Å². The highest BCUT2D eigenvalue weighted by atomic mass is 79.9. The molecule has 1 N–H and O–H groups in total. The number of hydrogen-bond acceptors (Lipinski definition) is 4. The summed E-state index contributed by atoms with van der Waals surface area (Å²) in [5.74, 6) is 0.0674. The average Bonchev–Trinajstić information content (AvgIpc) is 3.10. The molecule has 0 aliphatic rings. The van der Waals surface area contributed by atoms with Crippen LogP contribution in [0.1, 0.15) is 15.9 Å². The quantitative estimate of drug-likeness (QED) is 0.344. The molecular formula is C22H16BrClN2O3. The SMILES string of the molecule is COC(=O)c1cc(Oc2nc3cc(-c4ccc(Br)cc4)c(Cl)cc3[nH]2)ccc1C. The maximum atomic E-state index is 11.9. The molecule has 0 aliphatic heterocycles. The van der Waals surface area contributed by atoms with Crippen LogP contribution in [0, 0.1) is 6.92 Å². The van der Waals surface area contributed by atoms with Gasteiger partial charge in [0.05, 0.1) is 28.7 Å². The first kappa shape index (κ1) is 19.5. The number of fused-ring (bicyclic) bond motifs is 1. The fourth-order valence-electron chi connectivity index (χ4n) is 3.01. The van der Waals surface area contributed by atoms with Crippen LogP contribution < -0.4 is 4.74 Å². The molecule has 0 atom stereocenters. The number of halogens is 2. The number of H-pyrrole nitrogens is 1. The number of aryl methyl sites for hydroxylation is 1. The van der Waals surface area contributed by atoms with Crippen LogP contribution in [0.25, 0.3) is 22.2 Å². The standard InChI is InChI=1S/C22H16BrClN2O3/c1-12-3-8-15(9-16(12)21(27)28-2)29-22-25-19-10-17(18(24)11-20(19)26-22)13-4-6-14(23)7-5-13/h3-11H,1-2H3,(H,25,26). The van der Waals surface area contributed by atoms with E-state index in [1.165, 1.54) is 7.11 Å². The molecular weight excluding hydrogens is 456 g/mol. The molecule has 0 bridgehead atoms. The second-order valence-electron chi connectivity index (χ2n) is 6.47. The van der Waals surface area contributed by atoms with E-state index in [9.17, 15) is 4.79 Å². The summed E-state index contributed by atoms with van der Waals surface area (Å²) in [6.45, 7) is 1.84. The Balaban J connectivity index is 1.68. The summed E-state index contributed by atoms with van der Waals surface area (Å²) >= 11 is 9.92. The van der Waals surface area contributed by atoms with Gasteiger partial charge in [-0.15, -0.1) is 0 Å². The molecule has 7 heteroatoms. The van der Waals surface area contributed by atoms with Gasteiger partial charge in [0.1, 0.15) is 5.75 Å². The molecule has 0 spiro atoms. The number of esters is 1. The zero-order valence-corrected chi connectivity index (χ0v) is 18.0. The molecule has 3 aromatic carbocycles. The molecule has 0 saturated carbocycles. The zero-order chi connectivity index (χ0) is 20.5. The summed E-state index contributed by atoms with van der Waals surface area (Å²) in [4.78, 5) is 19.5. The molecule has 29 heavy (non-hydrogen) atoms. The van der Waals surface area contributed by atoms with Crippen molar-refractivity contribution in [2.75, 3.05) is 7.11 Å². The second-order valence-corrected chi connectivity index (χ2v) is 7.79. The zero-order valence-electron chi connectivity index (χ0n) is 15.6. The largest absolute Gasteiger partial charge is 0.465 e. The van der Waals surface area contributed by atoms with Gasteiger partial charge in [-0.05, 0) is 54.4 Å². The Kier molecular flexibility index (Phi) is 5.30. The number of rotatable bonds is 4. The molecule has 0 fully saturated rings. The fourth-order valence-corrected chi connectivity index (χ4v) is 3.55. The topological polar surface area (TPSA) is 64.2 Å². The monoisotopic (exact) mass is 470 g/mol. The smallest absolute Gasteiger partial charge is 0.338 e. The van der Waals surface area contributed by atoms with E-state index in [4.69, 9.17) is 21.1 Å². The average molecular weight is 472 g/mol. The summed E-state index contributed by atoms with van der Waals surface area (Å²) in [6, 6.07) is 17.2. The van der Waals surface area contributed by atoms with Crippen molar-refractivity contribution in [3.8, 4) is 22.9 Å². The number of benzene rings is 3. The number of nitrogens with zero attached hydrogens (tertiary/aromatic N) is 1. The lowest BCUT2D eigenvalue weighted by Crippen LogP contribution is -2.04. The number of imidazole rings is 1. The summed E-state index contributed by atoms with van der Waals surface area (Å²) in [5.41, 5.74) is 4.61. The lowest BCUT2D eigenvalue weighted by atomic mass is 10.1. The Bertz CT molecular complexity index is 1220. The van der Waals surface area contributed by atoms with E-state index in [0.717, 1.165) is 32.2 Å². The van der Waals surface area contributed by atoms with Crippen LogP contribution in [-0.4, -0.2) is 23.0 Å². The molecule has 0 saturated heterocycles. The van der Waals surface area contributed by atoms with Crippen LogP contribution in [0.5, 0.6) is 11.8 Å². The van der Waals surface area contributed by atoms with E-state index < -0.39 is 5.97 Å². The number of carbonyl (C=O) groups is 1. The lowest BCUT2D eigenvalue weighted by Gasteiger charge is -2.07. The highest BCUT2D eigenvalue weighted by Crippen LogP contribution is 2.33. The van der Waals surface area contributed by atoms with Gasteiger partial charge in [-0.3, -0.25) is 0 Å². The Hall–Kier alpha value is -2.83. The maximum Gasteiger partial charge on any atom is 0.338 e. The third-order valence-electron chi connectivity index (χ3n) is 4.53. The number of methoxy groups -OCH3 is 1. The Morgan fingerprint density at radius 2 is 1.86 bits per heavy atom. The van der Waals surface area contributed by atoms with Crippen molar-refractivity contribution < 1.29 is 14.3 Å². The van der Waals surface area contributed by atoms with Crippen LogP contribution in [0.15, 0.2) is 59.1 Å². The molecule has 1 heterocycles. The van der Waals surface area contributed by atoms with E-state index >= 15 is 0 Å². The first-order valence-corrected chi connectivity index (χ1v) is 9.93. The number of carbonyl (C=O) groups excluding carboxylic acids is 1. The molecule has 5 nitrogen and oxygen atoms in total. The van der Waals surface area contributed by atoms with Crippen molar-refractivity contribution in [3.63, 3.8) is 0 Å². The van der Waals surface area contributed by atoms with Gasteiger partial charge in [0.15, 0.2) is 0 Å². The third-order valence-corrected chi connectivity index (χ3v) is 5.37. The predicted octanol–water partition coefficient (Wildman–Crippen LogP) is 6.53. The van der Waals surface area contributed by atoms with E-state index in [0.29, 0.717) is 22.3 Å². The molecule has 4 rings (SSSR count). The molecule has 0 unspecified atom stereocenters. The van der Waals surface area contributed by atoms with Crippen LogP contribution in [0.3, 0.4) is 0 Å². The normalized spacial score (nSPS) is 10.9. The van der Waals surface area contributed by atoms with E-state index in [1.807, 2.05) is 43.3 Å². The van der Waals surface area contributed by atoms with Crippen molar-refractivity contribution in [1.29, 1.82) is 0 Å². The fraction of sp³-hybridized carbons (Fsp3) is 0.0909. The van der Waals surface area contributed by atoms with Crippen molar-refractivity contribution in [2.45, 2.75) is 6.92 Å². The summed E-state index contributed by atoms with van der Waals surface area (Å²) < 4.78 is 11.6. The van der Waals surface area contributed by atoms with E-state index in [2.05, 4.69) is 25.9 Å². The van der Waals surface area contributed by atoms with Gasteiger partial charge < -0.3 is 14.5 Å². The lowest BCUT2D eigenvalue weighted by molar-refractivity contribution is 0.0599. The molecule has 0 amide bonds. The van der Waals surface area contributed by atoms with Gasteiger partial charge >= 0.3 is 5.97 Å². The van der Waals surface area contributed by atoms with E-state index in [1.54, 1.807) is 18.2 Å². The molecule has 4 aromatic rings. The minimum Gasteiger partial charge on any atom is -0.465 e. The minimum absolute atomic E-state index is 0.309. The predicted molar refractivity (Wildman–Crippen MR) is 117 cm³/mol. The van der Waals surface area contributed by atoms with Crippen LogP contribution in [0.4, 0.5) is 0 Å². The maximum absolute atomic E-state index is 11.9. The molecule has 1 aromatic heterocycles. The molecule has 0 radical (unpaired) electrons. The van der Waals surface area contributed by atoms with Crippen LogP contribution in [0.2, 0.25) is 5.02 Å². The van der Waals surface area contributed by atoms with Gasteiger partial charge in [0.25, 0.3) is 6.01 Å². The number of ether oxygens (including phenoxy) is 2. The number of hydrogen-bond donors (Lipinski definition) is 1. The molecule has 146 valence electrons. The number of aromatic amines is 1. The highest BCUT2D eigenvalue weighted by Gasteiger charge is 2.14. The summed E-state index contributed by atoms with van der Waals surface area (Å²) in [7, 11) is 1.35. The number of nitrogens with one attached hydrogen (secondary N) is 1. The second kappa shape index (κ2) is 7.89. The summed E-state index contributed by atoms with van der Waals surface area (Å²) in [5, 5.41) is 0.610. The first-order valence-electron chi connectivity index (χ1n) is 8.76. The van der Waals surface area contributed by atoms with Crippen molar-refractivity contribution in [2.24, 2.45) is 0 Å². The highest BCUT2D eigenvalue weighted by molar-refractivity contribution is 9.10. The van der Waals surface area contributed by atoms with Gasteiger partial charge in [0, 0.05) is 10.0 Å². The van der Waals surface area contributed by atoms with Gasteiger partial charge in [0.2, 0.25) is 0 Å². The molecule has 0 aliphatic carbocycles. The van der Waals surface area contributed by atoms with Crippen molar-refractivity contribution in [3.05, 3.63) is 75.2 Å². The third kappa shape index (κ3) is 3.99. The Labute approximate surface area is 180 Å². The van der Waals surface area contributed by atoms with E-state index in [-0.39, 0.29) is 0 Å². The minimum atomic E-state index is -0.413. The van der Waals surface area contributed by atoms with Crippen molar-refractivity contribution in [1.82, 2.24) is 9.97 Å². The van der Waals surface area contributed by atoms with Crippen LogP contribution in [-0.2, 0) is 4.74 Å². The summed E-state index contributed by atoms with van der Waals surface area (Å²) in [6.07, 6.45) is 0. The Morgan fingerprint density at radius 1 is 1.10 bits per heavy atom. The van der Waals surface area contributed by atoms with Gasteiger partial charge in [-0.1, -0.05) is 45.7 Å². The van der Waals surface area contributed by atoms with Crippen LogP contribution >= 0.6 is 27.5 Å². The first-order chi connectivity index (χ1) is 13.9. The Morgan fingerprint density at radius 3 is 2.59 bits per heavy atom.